The lowest BCUT2D eigenvalue weighted by Gasteiger charge is -2.27. The second-order valence-electron chi connectivity index (χ2n) is 10.8. The summed E-state index contributed by atoms with van der Waals surface area (Å²) in [7, 11) is 0. The van der Waals surface area contributed by atoms with Gasteiger partial charge in [0.25, 0.3) is 0 Å². The summed E-state index contributed by atoms with van der Waals surface area (Å²) in [6.45, 7) is 2.64. The Balaban J connectivity index is 0.000000166. The molecule has 220 valence electrons. The number of nitrogens with zero attached hydrogens (tertiary/aromatic N) is 2. The van der Waals surface area contributed by atoms with Crippen molar-refractivity contribution in [1.29, 1.82) is 0 Å². The number of benzene rings is 2. The Morgan fingerprint density at radius 2 is 1.34 bits per heavy atom. The maximum absolute atomic E-state index is 11.7. The molecule has 11 heteroatoms. The number of aromatic nitrogens is 2. The molecule has 0 radical (unpaired) electrons. The van der Waals surface area contributed by atoms with Gasteiger partial charge in [0, 0.05) is 28.7 Å². The summed E-state index contributed by atoms with van der Waals surface area (Å²) in [5.41, 5.74) is 1.97. The van der Waals surface area contributed by atoms with Gasteiger partial charge < -0.3 is 20.5 Å². The second-order valence-corrected chi connectivity index (χ2v) is 13.7. The highest BCUT2D eigenvalue weighted by atomic mass is 35.5. The van der Waals surface area contributed by atoms with Gasteiger partial charge in [-0.2, -0.15) is 0 Å². The fourth-order valence-electron chi connectivity index (χ4n) is 5.49. The molecule has 7 nitrogen and oxygen atoms in total. The molecule has 2 heterocycles. The van der Waals surface area contributed by atoms with E-state index in [4.69, 9.17) is 33.0 Å². The molecule has 0 atom stereocenters. The minimum atomic E-state index is -0.0458. The summed E-state index contributed by atoms with van der Waals surface area (Å²) in [4.78, 5) is 20.9. The molecule has 2 aliphatic carbocycles. The highest BCUT2D eigenvalue weighted by Crippen LogP contribution is 2.33. The number of hydrogen-bond donors (Lipinski definition) is 3. The molecule has 0 bridgehead atoms. The Labute approximate surface area is 258 Å². The number of hydrogen-bond acceptors (Lipinski definition) is 9. The Bertz CT molecular complexity index is 1450. The Kier molecular flexibility index (Phi) is 10.6. The number of halogens is 2. The van der Waals surface area contributed by atoms with Crippen molar-refractivity contribution in [2.24, 2.45) is 11.8 Å². The van der Waals surface area contributed by atoms with Gasteiger partial charge in [0.05, 0.1) is 33.0 Å². The van der Waals surface area contributed by atoms with Gasteiger partial charge in [-0.15, -0.1) is 0 Å². The van der Waals surface area contributed by atoms with Crippen LogP contribution in [0.2, 0.25) is 10.0 Å². The van der Waals surface area contributed by atoms with E-state index in [9.17, 15) is 4.79 Å². The number of fused-ring (bicyclic) bond motifs is 2. The van der Waals surface area contributed by atoms with E-state index < -0.39 is 0 Å². The number of aliphatic hydroxyl groups is 1. The fourth-order valence-corrected chi connectivity index (χ4v) is 7.93. The first kappa shape index (κ1) is 30.3. The largest absolute Gasteiger partial charge is 0.466 e. The van der Waals surface area contributed by atoms with Crippen LogP contribution in [0.5, 0.6) is 0 Å². The molecule has 6 rings (SSSR count). The van der Waals surface area contributed by atoms with E-state index in [1.54, 1.807) is 22.7 Å². The molecule has 0 unspecified atom stereocenters. The molecule has 4 aromatic rings. The Morgan fingerprint density at radius 3 is 1.80 bits per heavy atom. The molecule has 0 saturated heterocycles. The van der Waals surface area contributed by atoms with Gasteiger partial charge in [-0.3, -0.25) is 4.79 Å². The van der Waals surface area contributed by atoms with Crippen LogP contribution in [0.3, 0.4) is 0 Å². The average molecular weight is 636 g/mol. The lowest BCUT2D eigenvalue weighted by atomic mass is 9.86. The highest BCUT2D eigenvalue weighted by molar-refractivity contribution is 7.22. The highest BCUT2D eigenvalue weighted by Gasteiger charge is 2.27. The van der Waals surface area contributed by atoms with E-state index >= 15 is 0 Å². The standard InChI is InChI=1S/C16H19ClN2O2S.C14H17ClN2OS/c1-2-21-15(20)10-3-6-12(7-4-10)18-16-19-13-8-5-11(17)9-14(13)22-16;15-10-3-6-12-13(7-10)19-14(17-12)16-11-4-1-9(8-18)2-5-11/h5,8-10,12H,2-4,6-7H2,1H3,(H,18,19);3,6-7,9,11,18H,1-2,4-5,8H2,(H,16,17). The Hall–Kier alpha value is -2.17. The third-order valence-corrected chi connectivity index (χ3v) is 10.2. The number of ether oxygens (including phenoxy) is 1. The van der Waals surface area contributed by atoms with E-state index in [1.165, 1.54) is 0 Å². The summed E-state index contributed by atoms with van der Waals surface area (Å²) >= 11 is 15.3. The number of aliphatic hydroxyl groups excluding tert-OH is 1. The third kappa shape index (κ3) is 8.23. The zero-order valence-electron chi connectivity index (χ0n) is 23.1. The molecule has 2 aromatic heterocycles. The van der Waals surface area contributed by atoms with Crippen LogP contribution in [-0.4, -0.2) is 46.3 Å². The maximum Gasteiger partial charge on any atom is 0.308 e. The van der Waals surface area contributed by atoms with Gasteiger partial charge in [-0.05, 0) is 101 Å². The van der Waals surface area contributed by atoms with Gasteiger partial charge in [0.1, 0.15) is 0 Å². The molecule has 3 N–H and O–H groups in total. The zero-order chi connectivity index (χ0) is 28.8. The number of anilines is 2. The lowest BCUT2D eigenvalue weighted by Crippen LogP contribution is -2.30. The summed E-state index contributed by atoms with van der Waals surface area (Å²) < 4.78 is 7.32. The smallest absolute Gasteiger partial charge is 0.308 e. The first-order valence-electron chi connectivity index (χ1n) is 14.3. The van der Waals surface area contributed by atoms with Crippen molar-refractivity contribution in [1.82, 2.24) is 9.97 Å². The number of nitrogens with one attached hydrogen (secondary N) is 2. The van der Waals surface area contributed by atoms with Crippen molar-refractivity contribution >= 4 is 82.5 Å². The van der Waals surface area contributed by atoms with Crippen molar-refractivity contribution in [3.8, 4) is 0 Å². The van der Waals surface area contributed by atoms with E-state index in [0.717, 1.165) is 92.1 Å². The summed E-state index contributed by atoms with van der Waals surface area (Å²) in [6, 6.07) is 12.4. The van der Waals surface area contributed by atoms with Crippen molar-refractivity contribution < 1.29 is 14.6 Å². The number of carbonyl (C=O) groups excluding carboxylic acids is 1. The summed E-state index contributed by atoms with van der Waals surface area (Å²) in [5.74, 6) is 0.509. The SMILES string of the molecule is CCOC(=O)C1CCC(Nc2nc3ccc(Cl)cc3s2)CC1.OCC1CCC(Nc2nc3ccc(Cl)cc3s2)CC1. The predicted octanol–water partition coefficient (Wildman–Crippen LogP) is 8.40. The monoisotopic (exact) mass is 634 g/mol. The first-order valence-corrected chi connectivity index (χ1v) is 16.7. The van der Waals surface area contributed by atoms with Gasteiger partial charge in [0.2, 0.25) is 0 Å². The van der Waals surface area contributed by atoms with Crippen molar-refractivity contribution in [2.45, 2.75) is 70.4 Å². The van der Waals surface area contributed by atoms with Crippen LogP contribution in [0.15, 0.2) is 36.4 Å². The minimum Gasteiger partial charge on any atom is -0.466 e. The first-order chi connectivity index (χ1) is 19.9. The number of esters is 1. The van der Waals surface area contributed by atoms with Gasteiger partial charge in [-0.25, -0.2) is 9.97 Å². The minimum absolute atomic E-state index is 0.0458. The van der Waals surface area contributed by atoms with Crippen LogP contribution in [0, 0.1) is 11.8 Å². The lowest BCUT2D eigenvalue weighted by molar-refractivity contribution is -0.149. The van der Waals surface area contributed by atoms with Gasteiger partial charge in [-0.1, -0.05) is 45.9 Å². The van der Waals surface area contributed by atoms with Crippen molar-refractivity contribution in [3.05, 3.63) is 46.4 Å². The topological polar surface area (TPSA) is 96.4 Å². The zero-order valence-corrected chi connectivity index (χ0v) is 26.2. The molecule has 0 amide bonds. The molecule has 0 aliphatic heterocycles. The number of carbonyl (C=O) groups is 1. The third-order valence-electron chi connectivity index (χ3n) is 7.81. The second kappa shape index (κ2) is 14.3. The molecule has 2 aliphatic rings. The van der Waals surface area contributed by atoms with Crippen molar-refractivity contribution in [3.63, 3.8) is 0 Å². The van der Waals surface area contributed by atoms with Crippen LogP contribution in [-0.2, 0) is 9.53 Å². The molecule has 0 spiro atoms. The Morgan fingerprint density at radius 1 is 0.854 bits per heavy atom. The van der Waals surface area contributed by atoms with E-state index in [1.807, 2.05) is 43.3 Å². The number of thiazole rings is 2. The fraction of sp³-hybridized carbons (Fsp3) is 0.500. The van der Waals surface area contributed by atoms with E-state index in [2.05, 4.69) is 20.6 Å². The van der Waals surface area contributed by atoms with Crippen LogP contribution in [0.1, 0.15) is 58.3 Å². The predicted molar refractivity (Wildman–Crippen MR) is 172 cm³/mol. The molecule has 2 aromatic carbocycles. The quantitative estimate of drug-likeness (QED) is 0.176. The van der Waals surface area contributed by atoms with Crippen molar-refractivity contribution in [2.75, 3.05) is 23.8 Å². The average Bonchev–Trinajstić information content (AvgIpc) is 3.56. The molecule has 2 fully saturated rings. The van der Waals surface area contributed by atoms with Gasteiger partial charge >= 0.3 is 5.97 Å². The van der Waals surface area contributed by atoms with Crippen LogP contribution in [0.4, 0.5) is 10.3 Å². The molecule has 2 saturated carbocycles. The number of rotatable bonds is 7. The molecular weight excluding hydrogens is 599 g/mol. The van der Waals surface area contributed by atoms with Crippen LogP contribution >= 0.6 is 45.9 Å². The van der Waals surface area contributed by atoms with Crippen LogP contribution in [0.25, 0.3) is 20.4 Å². The van der Waals surface area contributed by atoms with E-state index in [0.29, 0.717) is 31.2 Å². The van der Waals surface area contributed by atoms with Crippen LogP contribution < -0.4 is 10.6 Å². The normalized spacial score (nSPS) is 22.6. The summed E-state index contributed by atoms with van der Waals surface area (Å²) in [5, 5.41) is 19.5. The van der Waals surface area contributed by atoms with E-state index in [-0.39, 0.29) is 11.9 Å². The molecule has 41 heavy (non-hydrogen) atoms. The molecular formula is C30H36Cl2N4O3S2. The van der Waals surface area contributed by atoms with Gasteiger partial charge in [0.15, 0.2) is 10.3 Å². The summed E-state index contributed by atoms with van der Waals surface area (Å²) in [6.07, 6.45) is 8.14. The maximum atomic E-state index is 11.7.